The Morgan fingerprint density at radius 2 is 1.92 bits per heavy atom. The van der Waals surface area contributed by atoms with Crippen LogP contribution in [0, 0.1) is 6.92 Å². The summed E-state index contributed by atoms with van der Waals surface area (Å²) < 4.78 is 41.1. The van der Waals surface area contributed by atoms with E-state index in [9.17, 15) is 18.0 Å². The molecule has 2 aromatic rings. The highest BCUT2D eigenvalue weighted by Crippen LogP contribution is 2.29. The molecule has 0 radical (unpaired) electrons. The van der Waals surface area contributed by atoms with Crippen molar-refractivity contribution in [1.29, 1.82) is 0 Å². The van der Waals surface area contributed by atoms with Gasteiger partial charge in [-0.1, -0.05) is 12.1 Å². The van der Waals surface area contributed by atoms with Crippen LogP contribution < -0.4 is 20.3 Å². The van der Waals surface area contributed by atoms with E-state index in [2.05, 4.69) is 25.3 Å². The van der Waals surface area contributed by atoms with Crippen molar-refractivity contribution in [1.82, 2.24) is 15.3 Å². The van der Waals surface area contributed by atoms with Crippen molar-refractivity contribution >= 4 is 17.7 Å². The van der Waals surface area contributed by atoms with Gasteiger partial charge in [-0.15, -0.1) is 13.2 Å². The van der Waals surface area contributed by atoms with Crippen molar-refractivity contribution in [3.63, 3.8) is 0 Å². The van der Waals surface area contributed by atoms with Crippen LogP contribution in [-0.2, 0) is 6.54 Å². The molecular formula is C16H18F3N5O2. The summed E-state index contributed by atoms with van der Waals surface area (Å²) in [5.41, 5.74) is 1.19. The van der Waals surface area contributed by atoms with Crippen molar-refractivity contribution in [2.75, 3.05) is 24.3 Å². The molecule has 2 amide bonds. The lowest BCUT2D eigenvalue weighted by Gasteiger charge is -2.15. The predicted octanol–water partition coefficient (Wildman–Crippen LogP) is 3.07. The fourth-order valence-corrected chi connectivity index (χ4v) is 2.03. The maximum atomic E-state index is 12.4. The number of aromatic nitrogens is 2. The normalized spacial score (nSPS) is 11.0. The van der Waals surface area contributed by atoms with Crippen LogP contribution in [0.25, 0.3) is 0 Å². The molecular weight excluding hydrogens is 351 g/mol. The van der Waals surface area contributed by atoms with E-state index in [1.165, 1.54) is 18.2 Å². The lowest BCUT2D eigenvalue weighted by molar-refractivity contribution is -0.274. The third-order valence-corrected chi connectivity index (χ3v) is 3.09. The van der Waals surface area contributed by atoms with Gasteiger partial charge >= 0.3 is 12.4 Å². The number of para-hydroxylation sites is 2. The third-order valence-electron chi connectivity index (χ3n) is 3.09. The highest BCUT2D eigenvalue weighted by Gasteiger charge is 2.32. The average molecular weight is 369 g/mol. The Bertz CT molecular complexity index is 781. The van der Waals surface area contributed by atoms with Gasteiger partial charge in [0, 0.05) is 19.8 Å². The number of aryl methyl sites for hydroxylation is 1. The summed E-state index contributed by atoms with van der Waals surface area (Å²) in [4.78, 5) is 22.2. The molecule has 0 aliphatic heterocycles. The van der Waals surface area contributed by atoms with Gasteiger partial charge in [-0.05, 0) is 25.1 Å². The number of amides is 2. The number of anilines is 2. The van der Waals surface area contributed by atoms with E-state index in [0.29, 0.717) is 11.6 Å². The number of rotatable bonds is 5. The topological polar surface area (TPSA) is 79.4 Å². The summed E-state index contributed by atoms with van der Waals surface area (Å²) in [5.74, 6) is -0.00550. The number of carbonyl (C=O) groups excluding carboxylic acids is 1. The highest BCUT2D eigenvalue weighted by atomic mass is 19.4. The molecule has 0 aliphatic rings. The van der Waals surface area contributed by atoms with Crippen LogP contribution in [0.2, 0.25) is 0 Å². The minimum absolute atomic E-state index is 0.0817. The number of carbonyl (C=O) groups is 1. The van der Waals surface area contributed by atoms with Gasteiger partial charge in [0.05, 0.1) is 17.9 Å². The second-order valence-electron chi connectivity index (χ2n) is 5.55. The van der Waals surface area contributed by atoms with Crippen LogP contribution in [0.1, 0.15) is 11.4 Å². The Morgan fingerprint density at radius 3 is 2.58 bits per heavy atom. The Balaban J connectivity index is 2.02. The molecule has 0 saturated carbocycles. The molecule has 0 spiro atoms. The molecule has 2 N–H and O–H groups in total. The zero-order valence-corrected chi connectivity index (χ0v) is 14.4. The standard InChI is InChI=1S/C16H18F3N5O2/c1-10-8-11(22-14(21-10)24(2)3)9-20-15(25)23-12-6-4-5-7-13(12)26-16(17,18)19/h4-8H,9H2,1-3H3,(H2,20,23,25). The van der Waals surface area contributed by atoms with Crippen LogP contribution >= 0.6 is 0 Å². The lowest BCUT2D eigenvalue weighted by atomic mass is 10.3. The van der Waals surface area contributed by atoms with Gasteiger partial charge in [0.2, 0.25) is 5.95 Å². The molecule has 1 aromatic carbocycles. The van der Waals surface area contributed by atoms with Crippen molar-refractivity contribution in [2.24, 2.45) is 0 Å². The second kappa shape index (κ2) is 7.89. The minimum Gasteiger partial charge on any atom is -0.404 e. The third kappa shape index (κ3) is 5.80. The van der Waals surface area contributed by atoms with E-state index >= 15 is 0 Å². The number of alkyl halides is 3. The van der Waals surface area contributed by atoms with Crippen molar-refractivity contribution in [3.05, 3.63) is 41.7 Å². The van der Waals surface area contributed by atoms with Gasteiger partial charge < -0.3 is 20.3 Å². The maximum Gasteiger partial charge on any atom is 0.573 e. The number of hydrogen-bond acceptors (Lipinski definition) is 5. The van der Waals surface area contributed by atoms with Crippen LogP contribution in [0.4, 0.5) is 29.6 Å². The fourth-order valence-electron chi connectivity index (χ4n) is 2.03. The van der Waals surface area contributed by atoms with Gasteiger partial charge in [0.1, 0.15) is 0 Å². The molecule has 0 saturated heterocycles. The fraction of sp³-hybridized carbons (Fsp3) is 0.312. The van der Waals surface area contributed by atoms with Crippen molar-refractivity contribution < 1.29 is 22.7 Å². The van der Waals surface area contributed by atoms with Crippen LogP contribution in [0.3, 0.4) is 0 Å². The van der Waals surface area contributed by atoms with E-state index in [0.717, 1.165) is 11.8 Å². The first-order valence-corrected chi connectivity index (χ1v) is 7.55. The molecule has 0 bridgehead atoms. The zero-order chi connectivity index (χ0) is 19.3. The average Bonchev–Trinajstić information content (AvgIpc) is 2.53. The van der Waals surface area contributed by atoms with E-state index < -0.39 is 18.1 Å². The smallest absolute Gasteiger partial charge is 0.404 e. The lowest BCUT2D eigenvalue weighted by Crippen LogP contribution is -2.29. The van der Waals surface area contributed by atoms with Gasteiger partial charge in [-0.3, -0.25) is 0 Å². The monoisotopic (exact) mass is 369 g/mol. The summed E-state index contributed by atoms with van der Waals surface area (Å²) >= 11 is 0. The number of urea groups is 1. The Hall–Kier alpha value is -3.04. The van der Waals surface area contributed by atoms with Gasteiger partial charge in [0.15, 0.2) is 5.75 Å². The molecule has 140 valence electrons. The first-order valence-electron chi connectivity index (χ1n) is 7.55. The molecule has 10 heteroatoms. The molecule has 0 aliphatic carbocycles. The van der Waals surface area contributed by atoms with Crippen molar-refractivity contribution in [2.45, 2.75) is 19.8 Å². The Morgan fingerprint density at radius 1 is 1.23 bits per heavy atom. The van der Waals surface area contributed by atoms with E-state index in [4.69, 9.17) is 0 Å². The molecule has 0 unspecified atom stereocenters. The molecule has 0 atom stereocenters. The molecule has 7 nitrogen and oxygen atoms in total. The quantitative estimate of drug-likeness (QED) is 0.847. The first kappa shape index (κ1) is 19.3. The zero-order valence-electron chi connectivity index (χ0n) is 14.4. The first-order chi connectivity index (χ1) is 12.1. The Kier molecular flexibility index (Phi) is 5.86. The summed E-state index contributed by atoms with van der Waals surface area (Å²) in [5, 5.41) is 4.86. The predicted molar refractivity (Wildman–Crippen MR) is 90.1 cm³/mol. The summed E-state index contributed by atoms with van der Waals surface area (Å²) in [7, 11) is 3.58. The molecule has 1 aromatic heterocycles. The number of benzene rings is 1. The van der Waals surface area contributed by atoms with E-state index in [1.807, 2.05) is 0 Å². The van der Waals surface area contributed by atoms with Crippen LogP contribution in [-0.4, -0.2) is 36.5 Å². The van der Waals surface area contributed by atoms with Gasteiger partial charge in [-0.2, -0.15) is 0 Å². The second-order valence-corrected chi connectivity index (χ2v) is 5.55. The molecule has 26 heavy (non-hydrogen) atoms. The summed E-state index contributed by atoms with van der Waals surface area (Å²) in [6.45, 7) is 1.88. The SMILES string of the molecule is Cc1cc(CNC(=O)Nc2ccccc2OC(F)(F)F)nc(N(C)C)n1. The van der Waals surface area contributed by atoms with Gasteiger partial charge in [0.25, 0.3) is 0 Å². The van der Waals surface area contributed by atoms with Gasteiger partial charge in [-0.25, -0.2) is 14.8 Å². The van der Waals surface area contributed by atoms with E-state index in [-0.39, 0.29) is 12.2 Å². The molecule has 0 fully saturated rings. The highest BCUT2D eigenvalue weighted by molar-refractivity contribution is 5.90. The molecule has 1 heterocycles. The number of halogens is 3. The van der Waals surface area contributed by atoms with Crippen LogP contribution in [0.5, 0.6) is 5.75 Å². The number of nitrogens with one attached hydrogen (secondary N) is 2. The van der Waals surface area contributed by atoms with Crippen LogP contribution in [0.15, 0.2) is 30.3 Å². The Labute approximate surface area is 148 Å². The summed E-state index contributed by atoms with van der Waals surface area (Å²) in [6, 6.07) is 6.28. The largest absolute Gasteiger partial charge is 0.573 e. The molecule has 2 rings (SSSR count). The number of hydrogen-bond donors (Lipinski definition) is 2. The number of nitrogens with zero attached hydrogens (tertiary/aromatic N) is 3. The van der Waals surface area contributed by atoms with Crippen molar-refractivity contribution in [3.8, 4) is 5.75 Å². The minimum atomic E-state index is -4.85. The maximum absolute atomic E-state index is 12.4. The summed E-state index contributed by atoms with van der Waals surface area (Å²) in [6.07, 6.45) is -4.85. The van der Waals surface area contributed by atoms with E-state index in [1.54, 1.807) is 32.0 Å². The number of ether oxygens (including phenoxy) is 1.